The van der Waals surface area contributed by atoms with Crippen LogP contribution in [-0.2, 0) is 4.79 Å². The number of carbonyl (C=O) groups is 1. The van der Waals surface area contributed by atoms with Gasteiger partial charge in [0.1, 0.15) is 0 Å². The lowest BCUT2D eigenvalue weighted by atomic mass is 10.2. The van der Waals surface area contributed by atoms with Gasteiger partial charge in [0.25, 0.3) is 0 Å². The number of rotatable bonds is 6. The van der Waals surface area contributed by atoms with Crippen molar-refractivity contribution in [2.24, 2.45) is 0 Å². The average Bonchev–Trinajstić information content (AvgIpc) is 3.19. The number of nitrogens with one attached hydrogen (secondary N) is 1. The SMILES string of the molecule is Cc1cccc(Nc2nnc(SCC(=O)N3CCN(c4cccc(C)c4)CC3)s2)c1. The van der Waals surface area contributed by atoms with E-state index < -0.39 is 0 Å². The largest absolute Gasteiger partial charge is 0.368 e. The summed E-state index contributed by atoms with van der Waals surface area (Å²) in [5, 5.41) is 12.4. The molecule has 156 valence electrons. The van der Waals surface area contributed by atoms with Gasteiger partial charge in [-0.05, 0) is 49.2 Å². The Labute approximate surface area is 185 Å². The zero-order valence-electron chi connectivity index (χ0n) is 17.2. The lowest BCUT2D eigenvalue weighted by Crippen LogP contribution is -2.49. The van der Waals surface area contributed by atoms with Crippen LogP contribution in [0.5, 0.6) is 0 Å². The fourth-order valence-corrected chi connectivity index (χ4v) is 5.09. The number of amides is 1. The minimum Gasteiger partial charge on any atom is -0.368 e. The van der Waals surface area contributed by atoms with E-state index in [-0.39, 0.29) is 5.91 Å². The molecule has 30 heavy (non-hydrogen) atoms. The summed E-state index contributed by atoms with van der Waals surface area (Å²) in [6.45, 7) is 7.40. The van der Waals surface area contributed by atoms with Gasteiger partial charge in [-0.1, -0.05) is 47.4 Å². The van der Waals surface area contributed by atoms with Crippen LogP contribution in [0.1, 0.15) is 11.1 Å². The van der Waals surface area contributed by atoms with Crippen LogP contribution in [0.4, 0.5) is 16.5 Å². The fraction of sp³-hybridized carbons (Fsp3) is 0.318. The van der Waals surface area contributed by atoms with E-state index in [1.54, 1.807) is 0 Å². The van der Waals surface area contributed by atoms with E-state index in [0.717, 1.165) is 41.3 Å². The molecule has 1 saturated heterocycles. The number of piperazine rings is 1. The van der Waals surface area contributed by atoms with E-state index in [4.69, 9.17) is 0 Å². The van der Waals surface area contributed by atoms with Crippen molar-refractivity contribution in [1.29, 1.82) is 0 Å². The molecule has 0 radical (unpaired) electrons. The molecule has 0 aliphatic carbocycles. The predicted octanol–water partition coefficient (Wildman–Crippen LogP) is 4.34. The highest BCUT2D eigenvalue weighted by atomic mass is 32.2. The molecular weight excluding hydrogens is 414 g/mol. The summed E-state index contributed by atoms with van der Waals surface area (Å²) >= 11 is 2.93. The second-order valence-corrected chi connectivity index (χ2v) is 9.56. The van der Waals surface area contributed by atoms with E-state index >= 15 is 0 Å². The number of aryl methyl sites for hydroxylation is 2. The Hall–Kier alpha value is -2.58. The third kappa shape index (κ3) is 5.31. The quantitative estimate of drug-likeness (QED) is 0.577. The number of hydrogen-bond donors (Lipinski definition) is 1. The number of carbonyl (C=O) groups excluding carboxylic acids is 1. The standard InChI is InChI=1S/C22H25N5OS2/c1-16-5-3-7-18(13-16)23-21-24-25-22(30-21)29-15-20(28)27-11-9-26(10-12-27)19-8-4-6-17(2)14-19/h3-8,13-14H,9-12,15H2,1-2H3,(H,23,24). The topological polar surface area (TPSA) is 61.4 Å². The minimum atomic E-state index is 0.160. The Bertz CT molecular complexity index is 1010. The van der Waals surface area contributed by atoms with Crippen molar-refractivity contribution in [3.8, 4) is 0 Å². The lowest BCUT2D eigenvalue weighted by molar-refractivity contribution is -0.128. The number of hydrogen-bond acceptors (Lipinski definition) is 7. The molecule has 0 atom stereocenters. The maximum absolute atomic E-state index is 12.6. The Morgan fingerprint density at radius 2 is 1.77 bits per heavy atom. The van der Waals surface area contributed by atoms with E-state index in [0.29, 0.717) is 5.75 Å². The zero-order valence-corrected chi connectivity index (χ0v) is 18.8. The monoisotopic (exact) mass is 439 g/mol. The predicted molar refractivity (Wildman–Crippen MR) is 125 cm³/mol. The van der Waals surface area contributed by atoms with Gasteiger partial charge in [0.2, 0.25) is 11.0 Å². The van der Waals surface area contributed by atoms with Crippen molar-refractivity contribution in [1.82, 2.24) is 15.1 Å². The van der Waals surface area contributed by atoms with Crippen LogP contribution in [0.15, 0.2) is 52.9 Å². The molecule has 0 spiro atoms. The van der Waals surface area contributed by atoms with Gasteiger partial charge in [0.05, 0.1) is 5.75 Å². The zero-order chi connectivity index (χ0) is 20.9. The van der Waals surface area contributed by atoms with E-state index in [1.165, 1.54) is 39.9 Å². The molecule has 8 heteroatoms. The first-order chi connectivity index (χ1) is 14.6. The number of benzene rings is 2. The van der Waals surface area contributed by atoms with Crippen LogP contribution >= 0.6 is 23.1 Å². The number of nitrogens with zero attached hydrogens (tertiary/aromatic N) is 4. The first kappa shape index (κ1) is 20.7. The molecule has 0 saturated carbocycles. The van der Waals surface area contributed by atoms with Gasteiger partial charge < -0.3 is 15.1 Å². The molecule has 1 amide bonds. The molecular formula is C22H25N5OS2. The van der Waals surface area contributed by atoms with Gasteiger partial charge >= 0.3 is 0 Å². The summed E-state index contributed by atoms with van der Waals surface area (Å²) in [7, 11) is 0. The fourth-order valence-electron chi connectivity index (χ4n) is 3.42. The van der Waals surface area contributed by atoms with Crippen LogP contribution < -0.4 is 10.2 Å². The van der Waals surface area contributed by atoms with Gasteiger partial charge in [-0.2, -0.15) is 0 Å². The molecule has 0 bridgehead atoms. The van der Waals surface area contributed by atoms with Gasteiger partial charge in [0, 0.05) is 37.6 Å². The Balaban J connectivity index is 1.25. The summed E-state index contributed by atoms with van der Waals surface area (Å²) in [5.41, 5.74) is 4.67. The van der Waals surface area contributed by atoms with Crippen LogP contribution in [0.25, 0.3) is 0 Å². The first-order valence-corrected chi connectivity index (χ1v) is 11.8. The van der Waals surface area contributed by atoms with Crippen LogP contribution in [0.3, 0.4) is 0 Å². The third-order valence-electron chi connectivity index (χ3n) is 4.99. The molecule has 2 aromatic carbocycles. The van der Waals surface area contributed by atoms with Crippen LogP contribution in [0.2, 0.25) is 0 Å². The molecule has 0 unspecified atom stereocenters. The maximum Gasteiger partial charge on any atom is 0.233 e. The number of aromatic nitrogens is 2. The summed E-state index contributed by atoms with van der Waals surface area (Å²) in [5.74, 6) is 0.552. The molecule has 3 aromatic rings. The van der Waals surface area contributed by atoms with Crippen molar-refractivity contribution in [3.05, 3.63) is 59.7 Å². The van der Waals surface area contributed by atoms with Crippen molar-refractivity contribution in [3.63, 3.8) is 0 Å². The van der Waals surface area contributed by atoms with Gasteiger partial charge in [0.15, 0.2) is 4.34 Å². The van der Waals surface area contributed by atoms with Crippen LogP contribution in [0, 0.1) is 13.8 Å². The van der Waals surface area contributed by atoms with Gasteiger partial charge in [-0.25, -0.2) is 0 Å². The van der Waals surface area contributed by atoms with Crippen molar-refractivity contribution < 1.29 is 4.79 Å². The van der Waals surface area contributed by atoms with Crippen molar-refractivity contribution in [2.45, 2.75) is 18.2 Å². The molecule has 4 rings (SSSR count). The number of anilines is 3. The molecule has 1 aromatic heterocycles. The minimum absolute atomic E-state index is 0.160. The second kappa shape index (κ2) is 9.49. The van der Waals surface area contributed by atoms with Crippen molar-refractivity contribution >= 4 is 45.5 Å². The second-order valence-electron chi connectivity index (χ2n) is 7.36. The maximum atomic E-state index is 12.6. The molecule has 6 nitrogen and oxygen atoms in total. The van der Waals surface area contributed by atoms with Gasteiger partial charge in [-0.15, -0.1) is 10.2 Å². The summed E-state index contributed by atoms with van der Waals surface area (Å²) in [6, 6.07) is 16.7. The van der Waals surface area contributed by atoms with E-state index in [1.807, 2.05) is 17.0 Å². The van der Waals surface area contributed by atoms with Gasteiger partial charge in [-0.3, -0.25) is 4.79 Å². The summed E-state index contributed by atoms with van der Waals surface area (Å²) < 4.78 is 0.803. The molecule has 1 N–H and O–H groups in total. The normalized spacial score (nSPS) is 14.1. The smallest absolute Gasteiger partial charge is 0.233 e. The number of thioether (sulfide) groups is 1. The lowest BCUT2D eigenvalue weighted by Gasteiger charge is -2.36. The summed E-state index contributed by atoms with van der Waals surface area (Å²) in [6.07, 6.45) is 0. The Kier molecular flexibility index (Phi) is 6.54. The molecule has 1 fully saturated rings. The molecule has 1 aliphatic rings. The highest BCUT2D eigenvalue weighted by molar-refractivity contribution is 8.01. The van der Waals surface area contributed by atoms with E-state index in [2.05, 4.69) is 70.7 Å². The first-order valence-electron chi connectivity index (χ1n) is 9.96. The highest BCUT2D eigenvalue weighted by Crippen LogP contribution is 2.28. The molecule has 2 heterocycles. The Morgan fingerprint density at radius 3 is 2.50 bits per heavy atom. The third-order valence-corrected chi connectivity index (χ3v) is 6.95. The summed E-state index contributed by atoms with van der Waals surface area (Å²) in [4.78, 5) is 16.9. The van der Waals surface area contributed by atoms with Crippen LogP contribution in [-0.4, -0.2) is 52.9 Å². The average molecular weight is 440 g/mol. The molecule has 1 aliphatic heterocycles. The highest BCUT2D eigenvalue weighted by Gasteiger charge is 2.21. The van der Waals surface area contributed by atoms with E-state index in [9.17, 15) is 4.79 Å². The van der Waals surface area contributed by atoms with Crippen molar-refractivity contribution in [2.75, 3.05) is 42.1 Å². The Morgan fingerprint density at radius 1 is 1.03 bits per heavy atom.